The fourth-order valence-corrected chi connectivity index (χ4v) is 2.82. The SMILES string of the molecule is CC(C)n1nc(-c2ccc3c(c2)CCC3)cc1C(=O)O. The predicted molar refractivity (Wildman–Crippen MR) is 77.0 cm³/mol. The van der Waals surface area contributed by atoms with Crippen molar-refractivity contribution in [3.63, 3.8) is 0 Å². The van der Waals surface area contributed by atoms with E-state index in [2.05, 4.69) is 17.2 Å². The molecule has 0 spiro atoms. The lowest BCUT2D eigenvalue weighted by Crippen LogP contribution is -2.11. The molecule has 0 radical (unpaired) electrons. The second-order valence-electron chi connectivity index (χ2n) is 5.60. The molecule has 0 aliphatic heterocycles. The number of carboxylic acid groups (broad SMARTS) is 1. The van der Waals surface area contributed by atoms with Crippen LogP contribution >= 0.6 is 0 Å². The van der Waals surface area contributed by atoms with Crippen molar-refractivity contribution in [2.45, 2.75) is 39.2 Å². The summed E-state index contributed by atoms with van der Waals surface area (Å²) in [5, 5.41) is 13.7. The molecule has 4 heteroatoms. The lowest BCUT2D eigenvalue weighted by molar-refractivity contribution is 0.0681. The number of rotatable bonds is 3. The molecule has 3 rings (SSSR count). The monoisotopic (exact) mass is 270 g/mol. The Morgan fingerprint density at radius 1 is 1.25 bits per heavy atom. The smallest absolute Gasteiger partial charge is 0.354 e. The van der Waals surface area contributed by atoms with Crippen molar-refractivity contribution in [3.8, 4) is 11.3 Å². The van der Waals surface area contributed by atoms with Crippen LogP contribution in [0.3, 0.4) is 0 Å². The first-order valence-electron chi connectivity index (χ1n) is 7.01. The van der Waals surface area contributed by atoms with Crippen molar-refractivity contribution >= 4 is 5.97 Å². The number of carbonyl (C=O) groups is 1. The molecule has 4 nitrogen and oxygen atoms in total. The highest BCUT2D eigenvalue weighted by Gasteiger charge is 2.18. The molecule has 0 atom stereocenters. The van der Waals surface area contributed by atoms with Gasteiger partial charge in [-0.05, 0) is 56.4 Å². The largest absolute Gasteiger partial charge is 0.477 e. The van der Waals surface area contributed by atoms with Crippen molar-refractivity contribution in [1.82, 2.24) is 9.78 Å². The Bertz CT molecular complexity index is 671. The molecule has 2 aromatic rings. The Kier molecular flexibility index (Phi) is 3.08. The van der Waals surface area contributed by atoms with Crippen molar-refractivity contribution < 1.29 is 9.90 Å². The molecule has 1 aliphatic rings. The fraction of sp³-hybridized carbons (Fsp3) is 0.375. The highest BCUT2D eigenvalue weighted by Crippen LogP contribution is 2.28. The Balaban J connectivity index is 2.06. The highest BCUT2D eigenvalue weighted by molar-refractivity contribution is 5.87. The maximum atomic E-state index is 11.3. The second kappa shape index (κ2) is 4.78. The van der Waals surface area contributed by atoms with Crippen LogP contribution in [-0.2, 0) is 12.8 Å². The summed E-state index contributed by atoms with van der Waals surface area (Å²) >= 11 is 0. The maximum absolute atomic E-state index is 11.3. The first kappa shape index (κ1) is 12.9. The molecule has 0 unspecified atom stereocenters. The molecule has 0 saturated heterocycles. The van der Waals surface area contributed by atoms with E-state index in [4.69, 9.17) is 0 Å². The summed E-state index contributed by atoms with van der Waals surface area (Å²) in [6.07, 6.45) is 3.47. The van der Waals surface area contributed by atoms with Gasteiger partial charge in [0, 0.05) is 11.6 Å². The van der Waals surface area contributed by atoms with Gasteiger partial charge in [-0.2, -0.15) is 5.10 Å². The summed E-state index contributed by atoms with van der Waals surface area (Å²) in [4.78, 5) is 11.3. The number of carboxylic acids is 1. The molecule has 0 saturated carbocycles. The minimum atomic E-state index is -0.932. The number of aromatic carboxylic acids is 1. The van der Waals surface area contributed by atoms with Crippen LogP contribution in [0.15, 0.2) is 24.3 Å². The Morgan fingerprint density at radius 3 is 2.65 bits per heavy atom. The van der Waals surface area contributed by atoms with Crippen LogP contribution in [0.4, 0.5) is 0 Å². The van der Waals surface area contributed by atoms with Gasteiger partial charge in [-0.15, -0.1) is 0 Å². The summed E-state index contributed by atoms with van der Waals surface area (Å²) in [5.74, 6) is -0.932. The van der Waals surface area contributed by atoms with E-state index in [1.165, 1.54) is 17.5 Å². The van der Waals surface area contributed by atoms with Gasteiger partial charge in [0.05, 0.1) is 5.69 Å². The topological polar surface area (TPSA) is 55.1 Å². The number of nitrogens with zero attached hydrogens (tertiary/aromatic N) is 2. The van der Waals surface area contributed by atoms with Gasteiger partial charge in [-0.1, -0.05) is 12.1 Å². The third kappa shape index (κ3) is 2.11. The molecule has 1 aromatic heterocycles. The van der Waals surface area contributed by atoms with Crippen LogP contribution in [0.5, 0.6) is 0 Å². The molecule has 20 heavy (non-hydrogen) atoms. The van der Waals surface area contributed by atoms with Crippen LogP contribution in [0.2, 0.25) is 0 Å². The van der Waals surface area contributed by atoms with Gasteiger partial charge in [0.2, 0.25) is 0 Å². The molecule has 1 aromatic carbocycles. The molecule has 0 amide bonds. The van der Waals surface area contributed by atoms with Crippen molar-refractivity contribution in [3.05, 3.63) is 41.1 Å². The molecule has 1 heterocycles. The summed E-state index contributed by atoms with van der Waals surface area (Å²) in [6, 6.07) is 8.04. The van der Waals surface area contributed by atoms with Crippen molar-refractivity contribution in [2.24, 2.45) is 0 Å². The lowest BCUT2D eigenvalue weighted by atomic mass is 10.0. The van der Waals surface area contributed by atoms with Gasteiger partial charge >= 0.3 is 5.97 Å². The van der Waals surface area contributed by atoms with E-state index < -0.39 is 5.97 Å². The molecular formula is C16H18N2O2. The van der Waals surface area contributed by atoms with E-state index in [1.807, 2.05) is 19.9 Å². The molecule has 0 fully saturated rings. The van der Waals surface area contributed by atoms with Crippen LogP contribution in [0.1, 0.15) is 47.9 Å². The van der Waals surface area contributed by atoms with Crippen LogP contribution in [-0.4, -0.2) is 20.9 Å². The minimum Gasteiger partial charge on any atom is -0.477 e. The van der Waals surface area contributed by atoms with Gasteiger partial charge in [0.25, 0.3) is 0 Å². The normalized spacial score (nSPS) is 13.8. The first-order chi connectivity index (χ1) is 9.56. The average Bonchev–Trinajstić information content (AvgIpc) is 3.04. The summed E-state index contributed by atoms with van der Waals surface area (Å²) < 4.78 is 1.57. The van der Waals surface area contributed by atoms with E-state index in [0.29, 0.717) is 0 Å². The van der Waals surface area contributed by atoms with Crippen LogP contribution < -0.4 is 0 Å². The Labute approximate surface area is 118 Å². The quantitative estimate of drug-likeness (QED) is 0.930. The van der Waals surface area contributed by atoms with Crippen molar-refractivity contribution in [2.75, 3.05) is 0 Å². The number of aryl methyl sites for hydroxylation is 2. The number of aromatic nitrogens is 2. The molecule has 0 bridgehead atoms. The summed E-state index contributed by atoms with van der Waals surface area (Å²) in [7, 11) is 0. The van der Waals surface area contributed by atoms with E-state index in [0.717, 1.165) is 24.1 Å². The van der Waals surface area contributed by atoms with Gasteiger partial charge < -0.3 is 5.11 Å². The Morgan fingerprint density at radius 2 is 2.00 bits per heavy atom. The fourth-order valence-electron chi connectivity index (χ4n) is 2.82. The van der Waals surface area contributed by atoms with Crippen LogP contribution in [0.25, 0.3) is 11.3 Å². The molecule has 104 valence electrons. The third-order valence-electron chi connectivity index (χ3n) is 3.84. The minimum absolute atomic E-state index is 0.0317. The predicted octanol–water partition coefficient (Wildman–Crippen LogP) is 3.32. The zero-order chi connectivity index (χ0) is 14.3. The van der Waals surface area contributed by atoms with E-state index in [1.54, 1.807) is 10.7 Å². The number of fused-ring (bicyclic) bond motifs is 1. The van der Waals surface area contributed by atoms with Crippen molar-refractivity contribution in [1.29, 1.82) is 0 Å². The zero-order valence-corrected chi connectivity index (χ0v) is 11.8. The molecule has 1 aliphatic carbocycles. The average molecular weight is 270 g/mol. The van der Waals surface area contributed by atoms with Gasteiger partial charge in [-0.3, -0.25) is 4.68 Å². The number of hydrogen-bond donors (Lipinski definition) is 1. The summed E-state index contributed by atoms with van der Waals surface area (Å²) in [6.45, 7) is 3.87. The Hall–Kier alpha value is -2.10. The summed E-state index contributed by atoms with van der Waals surface area (Å²) in [5.41, 5.74) is 4.78. The first-order valence-corrected chi connectivity index (χ1v) is 7.01. The second-order valence-corrected chi connectivity index (χ2v) is 5.60. The standard InChI is InChI=1S/C16H18N2O2/c1-10(2)18-15(16(19)20)9-14(17-18)13-7-6-11-4-3-5-12(11)8-13/h6-10H,3-5H2,1-2H3,(H,19,20). The van der Waals surface area contributed by atoms with E-state index in [-0.39, 0.29) is 11.7 Å². The van der Waals surface area contributed by atoms with E-state index in [9.17, 15) is 9.90 Å². The molecular weight excluding hydrogens is 252 g/mol. The number of hydrogen-bond acceptors (Lipinski definition) is 2. The lowest BCUT2D eigenvalue weighted by Gasteiger charge is -2.07. The van der Waals surface area contributed by atoms with Crippen LogP contribution in [0, 0.1) is 0 Å². The van der Waals surface area contributed by atoms with Gasteiger partial charge in [0.1, 0.15) is 5.69 Å². The van der Waals surface area contributed by atoms with Gasteiger partial charge in [-0.25, -0.2) is 4.79 Å². The van der Waals surface area contributed by atoms with E-state index >= 15 is 0 Å². The zero-order valence-electron chi connectivity index (χ0n) is 11.8. The number of benzene rings is 1. The molecule has 1 N–H and O–H groups in total. The highest BCUT2D eigenvalue weighted by atomic mass is 16.4. The van der Waals surface area contributed by atoms with Gasteiger partial charge in [0.15, 0.2) is 0 Å². The third-order valence-corrected chi connectivity index (χ3v) is 3.84. The maximum Gasteiger partial charge on any atom is 0.354 e.